The smallest absolute Gasteiger partial charge is 0.417 e. The fraction of sp³-hybridized carbons (Fsp3) is 0.579. The summed E-state index contributed by atoms with van der Waals surface area (Å²) in [6, 6.07) is 4.08. The molecule has 1 aliphatic rings. The molecule has 1 saturated heterocycles. The van der Waals surface area contributed by atoms with Gasteiger partial charge in [-0.25, -0.2) is 13.1 Å². The summed E-state index contributed by atoms with van der Waals surface area (Å²) < 4.78 is 73.2. The third kappa shape index (κ3) is 5.44. The molecule has 0 unspecified atom stereocenters. The number of halogens is 3. The molecule has 1 aromatic carbocycles. The maximum Gasteiger partial charge on any atom is 0.417 e. The van der Waals surface area contributed by atoms with Crippen LogP contribution in [0.15, 0.2) is 29.2 Å². The van der Waals surface area contributed by atoms with Crippen LogP contribution in [0.4, 0.5) is 13.2 Å². The maximum absolute atomic E-state index is 13.3. The highest BCUT2D eigenvalue weighted by Gasteiger charge is 2.40. The third-order valence-corrected chi connectivity index (χ3v) is 7.23. The van der Waals surface area contributed by atoms with Crippen LogP contribution in [0.1, 0.15) is 44.0 Å². The number of unbranched alkanes of at least 4 members (excludes halogenated alkanes) is 1. The van der Waals surface area contributed by atoms with E-state index in [1.807, 2.05) is 6.92 Å². The first-order chi connectivity index (χ1) is 15.1. The van der Waals surface area contributed by atoms with E-state index in [9.17, 15) is 26.4 Å². The number of rotatable bonds is 8. The zero-order valence-electron chi connectivity index (χ0n) is 17.5. The zero-order chi connectivity index (χ0) is 23.4. The molecular weight excluding hydrogens is 451 g/mol. The zero-order valence-corrected chi connectivity index (χ0v) is 18.3. The number of hydrogen-bond acceptors (Lipinski definition) is 7. The Morgan fingerprint density at radius 3 is 2.56 bits per heavy atom. The molecule has 0 amide bonds. The van der Waals surface area contributed by atoms with Gasteiger partial charge in [0, 0.05) is 19.6 Å². The minimum atomic E-state index is -4.79. The number of alkyl halides is 3. The van der Waals surface area contributed by atoms with Crippen molar-refractivity contribution < 1.29 is 31.1 Å². The first kappa shape index (κ1) is 24.1. The predicted molar refractivity (Wildman–Crippen MR) is 105 cm³/mol. The largest absolute Gasteiger partial charge is 0.457 e. The van der Waals surface area contributed by atoms with Crippen molar-refractivity contribution in [2.75, 3.05) is 13.1 Å². The van der Waals surface area contributed by atoms with Crippen LogP contribution in [0.2, 0.25) is 0 Å². The molecule has 0 aliphatic carbocycles. The van der Waals surface area contributed by atoms with Crippen molar-refractivity contribution in [1.29, 1.82) is 0 Å². The van der Waals surface area contributed by atoms with Gasteiger partial charge < -0.3 is 4.74 Å². The van der Waals surface area contributed by atoms with E-state index in [4.69, 9.17) is 4.74 Å². The number of ether oxygens (including phenoxy) is 1. The molecule has 176 valence electrons. The number of piperidine rings is 1. The van der Waals surface area contributed by atoms with Gasteiger partial charge in [0.1, 0.15) is 0 Å². The van der Waals surface area contributed by atoms with E-state index >= 15 is 0 Å². The Kier molecular flexibility index (Phi) is 7.49. The normalized spacial score (nSPS) is 16.2. The summed E-state index contributed by atoms with van der Waals surface area (Å²) in [7, 11) is -4.36. The number of aryl methyl sites for hydroxylation is 1. The van der Waals surface area contributed by atoms with Gasteiger partial charge in [-0.05, 0) is 41.8 Å². The summed E-state index contributed by atoms with van der Waals surface area (Å²) in [5, 5.41) is 11.3. The van der Waals surface area contributed by atoms with Crippen LogP contribution in [-0.4, -0.2) is 52.0 Å². The van der Waals surface area contributed by atoms with Gasteiger partial charge in [-0.15, -0.1) is 5.10 Å². The molecule has 32 heavy (non-hydrogen) atoms. The van der Waals surface area contributed by atoms with Crippen LogP contribution in [0.25, 0.3) is 0 Å². The molecule has 1 aliphatic heterocycles. The van der Waals surface area contributed by atoms with Gasteiger partial charge in [0.05, 0.1) is 16.4 Å². The summed E-state index contributed by atoms with van der Waals surface area (Å²) in [6.07, 6.45) is -2.68. The number of tetrazole rings is 1. The number of esters is 1. The second kappa shape index (κ2) is 9.94. The molecule has 0 spiro atoms. The standard InChI is InChI=1S/C19H24F3N5O4S/c1-2-3-10-27-17(23-24-25-27)13-31-18(28)14-8-11-26(12-9-14)32(29,30)16-7-5-4-6-15(16)19(20,21)22/h4-7,14H,2-3,8-13H2,1H3. The van der Waals surface area contributed by atoms with Gasteiger partial charge in [-0.1, -0.05) is 25.5 Å². The van der Waals surface area contributed by atoms with Crippen molar-refractivity contribution in [2.24, 2.45) is 5.92 Å². The second-order valence-electron chi connectivity index (χ2n) is 7.45. The SMILES string of the molecule is CCCCn1nnnc1COC(=O)C1CCN(S(=O)(=O)c2ccccc2C(F)(F)F)CC1. The lowest BCUT2D eigenvalue weighted by Gasteiger charge is -2.30. The van der Waals surface area contributed by atoms with E-state index in [-0.39, 0.29) is 32.5 Å². The highest BCUT2D eigenvalue weighted by Crippen LogP contribution is 2.36. The number of hydrogen-bond donors (Lipinski definition) is 0. The van der Waals surface area contributed by atoms with Crippen LogP contribution in [0.5, 0.6) is 0 Å². The van der Waals surface area contributed by atoms with Crippen LogP contribution in [-0.2, 0) is 38.9 Å². The van der Waals surface area contributed by atoms with Crippen molar-refractivity contribution in [3.8, 4) is 0 Å². The van der Waals surface area contributed by atoms with Gasteiger partial charge >= 0.3 is 12.1 Å². The Morgan fingerprint density at radius 2 is 1.91 bits per heavy atom. The van der Waals surface area contributed by atoms with Crippen LogP contribution in [0.3, 0.4) is 0 Å². The van der Waals surface area contributed by atoms with Crippen LogP contribution >= 0.6 is 0 Å². The molecule has 0 atom stereocenters. The Hall–Kier alpha value is -2.54. The van der Waals surface area contributed by atoms with Crippen molar-refractivity contribution in [1.82, 2.24) is 24.5 Å². The number of carbonyl (C=O) groups is 1. The summed E-state index contributed by atoms with van der Waals surface area (Å²) in [5.41, 5.74) is -1.21. The van der Waals surface area contributed by atoms with E-state index in [0.717, 1.165) is 35.3 Å². The summed E-state index contributed by atoms with van der Waals surface area (Å²) in [6.45, 7) is 2.36. The minimum Gasteiger partial charge on any atom is -0.457 e. The van der Waals surface area contributed by atoms with Crippen molar-refractivity contribution >= 4 is 16.0 Å². The average Bonchev–Trinajstić information content (AvgIpc) is 3.22. The van der Waals surface area contributed by atoms with Gasteiger partial charge in [0.25, 0.3) is 0 Å². The quantitative estimate of drug-likeness (QED) is 0.540. The van der Waals surface area contributed by atoms with Crippen molar-refractivity contribution in [2.45, 2.75) is 56.8 Å². The number of benzene rings is 1. The average molecular weight is 475 g/mol. The molecule has 13 heteroatoms. The monoisotopic (exact) mass is 475 g/mol. The first-order valence-corrected chi connectivity index (χ1v) is 11.7. The Balaban J connectivity index is 1.59. The second-order valence-corrected chi connectivity index (χ2v) is 9.36. The van der Waals surface area contributed by atoms with E-state index in [1.165, 1.54) is 6.07 Å². The topological polar surface area (TPSA) is 107 Å². The lowest BCUT2D eigenvalue weighted by Crippen LogP contribution is -2.41. The van der Waals surface area contributed by atoms with Crippen molar-refractivity contribution in [3.05, 3.63) is 35.7 Å². The number of nitrogens with zero attached hydrogens (tertiary/aromatic N) is 5. The predicted octanol–water partition coefficient (Wildman–Crippen LogP) is 2.64. The number of aromatic nitrogens is 4. The van der Waals surface area contributed by atoms with E-state index in [2.05, 4.69) is 15.5 Å². The molecule has 0 bridgehead atoms. The lowest BCUT2D eigenvalue weighted by molar-refractivity contribution is -0.151. The van der Waals surface area contributed by atoms with Gasteiger partial charge in [0.2, 0.25) is 10.0 Å². The van der Waals surface area contributed by atoms with Gasteiger partial charge in [-0.3, -0.25) is 4.79 Å². The van der Waals surface area contributed by atoms with E-state index in [1.54, 1.807) is 4.68 Å². The van der Waals surface area contributed by atoms with Crippen LogP contribution < -0.4 is 0 Å². The summed E-state index contributed by atoms with van der Waals surface area (Å²) >= 11 is 0. The summed E-state index contributed by atoms with van der Waals surface area (Å²) in [4.78, 5) is 11.6. The highest BCUT2D eigenvalue weighted by molar-refractivity contribution is 7.89. The summed E-state index contributed by atoms with van der Waals surface area (Å²) in [5.74, 6) is -0.655. The Morgan fingerprint density at radius 1 is 1.22 bits per heavy atom. The molecule has 2 heterocycles. The molecule has 1 aromatic heterocycles. The molecule has 3 rings (SSSR count). The van der Waals surface area contributed by atoms with Crippen LogP contribution in [0, 0.1) is 5.92 Å². The Bertz CT molecular complexity index is 1030. The fourth-order valence-corrected chi connectivity index (χ4v) is 5.14. The Labute approximate surface area is 183 Å². The van der Waals surface area contributed by atoms with Crippen molar-refractivity contribution in [3.63, 3.8) is 0 Å². The molecule has 2 aromatic rings. The van der Waals surface area contributed by atoms with E-state index in [0.29, 0.717) is 12.4 Å². The molecular formula is C19H24F3N5O4S. The van der Waals surface area contributed by atoms with Gasteiger partial charge in [-0.2, -0.15) is 17.5 Å². The highest BCUT2D eigenvalue weighted by atomic mass is 32.2. The maximum atomic E-state index is 13.3. The lowest BCUT2D eigenvalue weighted by atomic mass is 9.98. The number of carbonyl (C=O) groups excluding carboxylic acids is 1. The number of sulfonamides is 1. The molecule has 0 radical (unpaired) electrons. The molecule has 0 N–H and O–H groups in total. The van der Waals surface area contributed by atoms with E-state index < -0.39 is 38.5 Å². The fourth-order valence-electron chi connectivity index (χ4n) is 3.46. The minimum absolute atomic E-state index is 0.0808. The molecule has 0 saturated carbocycles. The molecule has 9 nitrogen and oxygen atoms in total. The van der Waals surface area contributed by atoms with Gasteiger partial charge in [0.15, 0.2) is 12.4 Å². The third-order valence-electron chi connectivity index (χ3n) is 5.27. The first-order valence-electron chi connectivity index (χ1n) is 10.2. The molecule has 1 fully saturated rings.